The maximum atomic E-state index is 13.3. The molecule has 2 aromatic rings. The molecular weight excluding hydrogens is 464 g/mol. The van der Waals surface area contributed by atoms with Crippen LogP contribution in [0.1, 0.15) is 29.6 Å². The topological polar surface area (TPSA) is 131 Å². The standard InChI is InChI=1S/C23H26N2O8S/c1-25-19-8-7-16(12-22(26)27)33-21(19)13-32-20-9-6-14(10-18(20)23(25)28)24-34(29,30)17-5-3-4-15(11-17)31-2/h3-6,9-11,16,19,21,24H,7-8,12-13H2,1-2H3,(H,26,27)/t16-,19-,21+/m1/s1. The Labute approximate surface area is 197 Å². The summed E-state index contributed by atoms with van der Waals surface area (Å²) in [5.41, 5.74) is 0.435. The van der Waals surface area contributed by atoms with Gasteiger partial charge in [0, 0.05) is 18.8 Å². The van der Waals surface area contributed by atoms with Gasteiger partial charge in [-0.3, -0.25) is 14.3 Å². The van der Waals surface area contributed by atoms with Gasteiger partial charge in [-0.05, 0) is 43.2 Å². The van der Waals surface area contributed by atoms with E-state index in [1.54, 1.807) is 24.1 Å². The van der Waals surface area contributed by atoms with Gasteiger partial charge in [-0.15, -0.1) is 0 Å². The van der Waals surface area contributed by atoms with Crippen LogP contribution in [0, 0.1) is 0 Å². The normalized spacial score (nSPS) is 22.5. The van der Waals surface area contributed by atoms with Crippen LogP contribution in [0.3, 0.4) is 0 Å². The van der Waals surface area contributed by atoms with Crippen molar-refractivity contribution in [2.45, 2.75) is 42.4 Å². The van der Waals surface area contributed by atoms with Gasteiger partial charge >= 0.3 is 5.97 Å². The number of carbonyl (C=O) groups is 2. The van der Waals surface area contributed by atoms with E-state index in [4.69, 9.17) is 19.3 Å². The molecular formula is C23H26N2O8S. The Kier molecular flexibility index (Phi) is 6.67. The van der Waals surface area contributed by atoms with Crippen molar-refractivity contribution in [3.05, 3.63) is 48.0 Å². The third-order valence-electron chi connectivity index (χ3n) is 6.02. The van der Waals surface area contributed by atoms with E-state index in [1.165, 1.54) is 37.4 Å². The van der Waals surface area contributed by atoms with Gasteiger partial charge in [-0.1, -0.05) is 6.07 Å². The fourth-order valence-corrected chi connectivity index (χ4v) is 5.35. The van der Waals surface area contributed by atoms with Crippen LogP contribution in [0.2, 0.25) is 0 Å². The van der Waals surface area contributed by atoms with Crippen molar-refractivity contribution in [2.75, 3.05) is 25.5 Å². The number of carbonyl (C=O) groups excluding carboxylic acids is 1. The lowest BCUT2D eigenvalue weighted by Crippen LogP contribution is -2.53. The number of benzene rings is 2. The molecule has 0 spiro atoms. The van der Waals surface area contributed by atoms with E-state index in [2.05, 4.69) is 4.72 Å². The summed E-state index contributed by atoms with van der Waals surface area (Å²) >= 11 is 0. The molecule has 1 fully saturated rings. The molecule has 0 bridgehead atoms. The van der Waals surface area contributed by atoms with Gasteiger partial charge in [0.05, 0.1) is 36.1 Å². The van der Waals surface area contributed by atoms with Crippen LogP contribution < -0.4 is 14.2 Å². The summed E-state index contributed by atoms with van der Waals surface area (Å²) in [4.78, 5) is 25.9. The van der Waals surface area contributed by atoms with Gasteiger partial charge in [0.2, 0.25) is 0 Å². The predicted molar refractivity (Wildman–Crippen MR) is 122 cm³/mol. The smallest absolute Gasteiger partial charge is 0.305 e. The maximum Gasteiger partial charge on any atom is 0.305 e. The highest BCUT2D eigenvalue weighted by Gasteiger charge is 2.39. The molecule has 2 aromatic carbocycles. The fourth-order valence-electron chi connectivity index (χ4n) is 4.27. The number of carboxylic acid groups (broad SMARTS) is 1. The van der Waals surface area contributed by atoms with Crippen molar-refractivity contribution >= 4 is 27.6 Å². The average Bonchev–Trinajstić information content (AvgIpc) is 2.81. The number of methoxy groups -OCH3 is 1. The minimum absolute atomic E-state index is 0.0244. The second kappa shape index (κ2) is 9.51. The molecule has 2 N–H and O–H groups in total. The molecule has 11 heteroatoms. The zero-order valence-corrected chi connectivity index (χ0v) is 19.6. The van der Waals surface area contributed by atoms with E-state index in [9.17, 15) is 18.0 Å². The molecule has 0 aromatic heterocycles. The quantitative estimate of drug-likeness (QED) is 0.631. The first-order chi connectivity index (χ1) is 16.2. The van der Waals surface area contributed by atoms with E-state index in [0.29, 0.717) is 24.3 Å². The first kappa shape index (κ1) is 23.8. The summed E-state index contributed by atoms with van der Waals surface area (Å²) in [6.45, 7) is 0.139. The van der Waals surface area contributed by atoms with Crippen LogP contribution in [0.15, 0.2) is 47.4 Å². The van der Waals surface area contributed by atoms with E-state index in [1.807, 2.05) is 0 Å². The average molecular weight is 491 g/mol. The number of rotatable bonds is 6. The van der Waals surface area contributed by atoms with Crippen LogP contribution in [0.4, 0.5) is 5.69 Å². The molecule has 2 heterocycles. The minimum Gasteiger partial charge on any atom is -0.497 e. The number of hydrogen-bond donors (Lipinski definition) is 2. The Balaban J connectivity index is 1.57. The third-order valence-corrected chi connectivity index (χ3v) is 7.40. The van der Waals surface area contributed by atoms with Crippen LogP contribution in [0.25, 0.3) is 0 Å². The number of carboxylic acids is 1. The molecule has 4 rings (SSSR count). The van der Waals surface area contributed by atoms with Crippen molar-refractivity contribution in [3.63, 3.8) is 0 Å². The highest BCUT2D eigenvalue weighted by molar-refractivity contribution is 7.92. The van der Waals surface area contributed by atoms with Gasteiger partial charge in [0.15, 0.2) is 0 Å². The molecule has 3 atom stereocenters. The highest BCUT2D eigenvalue weighted by Crippen LogP contribution is 2.33. The lowest BCUT2D eigenvalue weighted by molar-refractivity contribution is -0.148. The number of fused-ring (bicyclic) bond motifs is 2. The lowest BCUT2D eigenvalue weighted by Gasteiger charge is -2.42. The number of nitrogens with one attached hydrogen (secondary N) is 1. The number of aliphatic carboxylic acids is 1. The Morgan fingerprint density at radius 3 is 2.76 bits per heavy atom. The zero-order chi connectivity index (χ0) is 24.5. The van der Waals surface area contributed by atoms with Crippen molar-refractivity contribution in [1.82, 2.24) is 4.90 Å². The van der Waals surface area contributed by atoms with E-state index in [0.717, 1.165) is 0 Å². The van der Waals surface area contributed by atoms with Gasteiger partial charge < -0.3 is 24.2 Å². The number of hydrogen-bond acceptors (Lipinski definition) is 7. The first-order valence-electron chi connectivity index (χ1n) is 10.8. The van der Waals surface area contributed by atoms with Crippen LogP contribution in [-0.4, -0.2) is 69.3 Å². The van der Waals surface area contributed by atoms with Crippen molar-refractivity contribution in [1.29, 1.82) is 0 Å². The summed E-state index contributed by atoms with van der Waals surface area (Å²) in [5.74, 6) is -0.578. The van der Waals surface area contributed by atoms with Crippen LogP contribution in [-0.2, 0) is 19.6 Å². The maximum absolute atomic E-state index is 13.3. The molecule has 34 heavy (non-hydrogen) atoms. The van der Waals surface area contributed by atoms with Crippen molar-refractivity contribution in [3.8, 4) is 11.5 Å². The van der Waals surface area contributed by atoms with Gasteiger partial charge in [0.25, 0.3) is 15.9 Å². The number of sulfonamides is 1. The van der Waals surface area contributed by atoms with Crippen molar-refractivity contribution < 1.29 is 37.3 Å². The first-order valence-corrected chi connectivity index (χ1v) is 12.2. The fraction of sp³-hybridized carbons (Fsp3) is 0.391. The molecule has 0 aliphatic carbocycles. The molecule has 10 nitrogen and oxygen atoms in total. The summed E-state index contributed by atoms with van der Waals surface area (Å²) in [6, 6.07) is 10.3. The zero-order valence-electron chi connectivity index (χ0n) is 18.8. The van der Waals surface area contributed by atoms with Crippen molar-refractivity contribution in [2.24, 2.45) is 0 Å². The number of ether oxygens (including phenoxy) is 3. The molecule has 0 unspecified atom stereocenters. The molecule has 2 aliphatic rings. The Morgan fingerprint density at radius 1 is 1.24 bits per heavy atom. The van der Waals surface area contributed by atoms with Gasteiger partial charge in [-0.25, -0.2) is 8.42 Å². The molecule has 2 aliphatic heterocycles. The molecule has 1 saturated heterocycles. The third kappa shape index (κ3) is 4.95. The number of likely N-dealkylation sites (N-methyl/N-ethyl adjacent to an activating group) is 1. The number of anilines is 1. The van der Waals surface area contributed by atoms with E-state index < -0.39 is 28.2 Å². The minimum atomic E-state index is -3.92. The van der Waals surface area contributed by atoms with Crippen LogP contribution >= 0.6 is 0 Å². The van der Waals surface area contributed by atoms with E-state index >= 15 is 0 Å². The molecule has 0 saturated carbocycles. The molecule has 1 amide bonds. The Bertz CT molecular complexity index is 1200. The SMILES string of the molecule is COc1cccc(S(=O)(=O)Nc2ccc3c(c2)C(=O)N(C)[C@@H]2CC[C@H](CC(=O)O)O[C@H]2CO3)c1. The molecule has 0 radical (unpaired) electrons. The monoisotopic (exact) mass is 490 g/mol. The Morgan fingerprint density at radius 2 is 2.03 bits per heavy atom. The second-order valence-electron chi connectivity index (χ2n) is 8.26. The van der Waals surface area contributed by atoms with Gasteiger partial charge in [-0.2, -0.15) is 0 Å². The molecule has 182 valence electrons. The summed E-state index contributed by atoms with van der Waals surface area (Å²) in [5, 5.41) is 9.06. The number of nitrogens with zero attached hydrogens (tertiary/aromatic N) is 1. The Hall–Kier alpha value is -3.31. The summed E-state index contributed by atoms with van der Waals surface area (Å²) in [7, 11) is -0.814. The lowest BCUT2D eigenvalue weighted by atomic mass is 9.95. The summed E-state index contributed by atoms with van der Waals surface area (Å²) < 4.78 is 45.1. The predicted octanol–water partition coefficient (Wildman–Crippen LogP) is 2.35. The summed E-state index contributed by atoms with van der Waals surface area (Å²) in [6.07, 6.45) is 0.0859. The van der Waals surface area contributed by atoms with Crippen LogP contribution in [0.5, 0.6) is 11.5 Å². The van der Waals surface area contributed by atoms with E-state index in [-0.39, 0.29) is 41.1 Å². The largest absolute Gasteiger partial charge is 0.497 e. The number of amides is 1. The van der Waals surface area contributed by atoms with Gasteiger partial charge in [0.1, 0.15) is 24.2 Å². The second-order valence-corrected chi connectivity index (χ2v) is 9.94. The highest BCUT2D eigenvalue weighted by atomic mass is 32.2.